The lowest BCUT2D eigenvalue weighted by atomic mass is 10.2. The van der Waals surface area contributed by atoms with Crippen molar-refractivity contribution in [1.29, 1.82) is 0 Å². The summed E-state index contributed by atoms with van der Waals surface area (Å²) in [5.74, 6) is -0.410. The third kappa shape index (κ3) is 4.35. The molecule has 0 bridgehead atoms. The second-order valence-corrected chi connectivity index (χ2v) is 6.81. The van der Waals surface area contributed by atoms with Gasteiger partial charge in [0.05, 0.1) is 28.4 Å². The second kappa shape index (κ2) is 7.97. The average Bonchev–Trinajstić information content (AvgIpc) is 2.94. The van der Waals surface area contributed by atoms with Crippen LogP contribution < -0.4 is 10.6 Å². The summed E-state index contributed by atoms with van der Waals surface area (Å²) in [6.07, 6.45) is 0.816. The number of anilines is 2. The Morgan fingerprint density at radius 3 is 2.74 bits per heavy atom. The van der Waals surface area contributed by atoms with Gasteiger partial charge in [-0.1, -0.05) is 36.2 Å². The SMILES string of the molecule is CCc1cc(C(=O)OC)c(NC(=S)Nc2cccc(Cl)c2Cl)s1. The summed E-state index contributed by atoms with van der Waals surface area (Å²) in [5, 5.41) is 7.73. The van der Waals surface area contributed by atoms with Crippen LogP contribution in [-0.2, 0) is 11.2 Å². The fraction of sp³-hybridized carbons (Fsp3) is 0.200. The molecule has 1 heterocycles. The Kier molecular flexibility index (Phi) is 6.24. The Balaban J connectivity index is 2.18. The van der Waals surface area contributed by atoms with Gasteiger partial charge in [0, 0.05) is 4.88 Å². The number of benzene rings is 1. The Bertz CT molecular complexity index is 747. The summed E-state index contributed by atoms with van der Waals surface area (Å²) < 4.78 is 4.79. The lowest BCUT2D eigenvalue weighted by molar-refractivity contribution is 0.0602. The molecule has 0 radical (unpaired) electrons. The Morgan fingerprint density at radius 1 is 1.35 bits per heavy atom. The van der Waals surface area contributed by atoms with E-state index in [1.807, 2.05) is 6.92 Å². The second-order valence-electron chi connectivity index (χ2n) is 4.48. The molecule has 0 aliphatic rings. The highest BCUT2D eigenvalue weighted by Gasteiger charge is 2.17. The summed E-state index contributed by atoms with van der Waals surface area (Å²) in [6, 6.07) is 7.01. The number of methoxy groups -OCH3 is 1. The van der Waals surface area contributed by atoms with Crippen LogP contribution in [0, 0.1) is 0 Å². The molecule has 0 saturated heterocycles. The summed E-state index contributed by atoms with van der Waals surface area (Å²) in [6.45, 7) is 2.01. The first-order chi connectivity index (χ1) is 11.0. The molecule has 2 rings (SSSR count). The topological polar surface area (TPSA) is 50.4 Å². The zero-order chi connectivity index (χ0) is 17.0. The van der Waals surface area contributed by atoms with Gasteiger partial charge in [-0.25, -0.2) is 4.79 Å². The molecule has 0 amide bonds. The molecule has 8 heteroatoms. The van der Waals surface area contributed by atoms with E-state index in [0.717, 1.165) is 11.3 Å². The first-order valence-electron chi connectivity index (χ1n) is 6.69. The fourth-order valence-electron chi connectivity index (χ4n) is 1.83. The van der Waals surface area contributed by atoms with Crippen LogP contribution in [0.1, 0.15) is 22.2 Å². The normalized spacial score (nSPS) is 10.3. The number of nitrogens with one attached hydrogen (secondary N) is 2. The monoisotopic (exact) mass is 388 g/mol. The van der Waals surface area contributed by atoms with Crippen molar-refractivity contribution >= 4 is 68.5 Å². The van der Waals surface area contributed by atoms with Crippen molar-refractivity contribution in [2.75, 3.05) is 17.7 Å². The van der Waals surface area contributed by atoms with Gasteiger partial charge in [0.2, 0.25) is 0 Å². The molecule has 4 nitrogen and oxygen atoms in total. The van der Waals surface area contributed by atoms with Gasteiger partial charge in [0.1, 0.15) is 5.00 Å². The molecule has 0 saturated carbocycles. The maximum atomic E-state index is 11.8. The summed E-state index contributed by atoms with van der Waals surface area (Å²) in [5.41, 5.74) is 1.04. The van der Waals surface area contributed by atoms with Crippen LogP contribution in [0.3, 0.4) is 0 Å². The molecule has 0 aliphatic heterocycles. The minimum Gasteiger partial charge on any atom is -0.465 e. The largest absolute Gasteiger partial charge is 0.465 e. The van der Waals surface area contributed by atoms with Gasteiger partial charge in [-0.3, -0.25) is 0 Å². The number of hydrogen-bond acceptors (Lipinski definition) is 4. The van der Waals surface area contributed by atoms with Crippen molar-refractivity contribution in [3.8, 4) is 0 Å². The summed E-state index contributed by atoms with van der Waals surface area (Å²) in [4.78, 5) is 12.9. The zero-order valence-corrected chi connectivity index (χ0v) is 15.6. The number of carbonyl (C=O) groups excluding carboxylic acids is 1. The van der Waals surface area contributed by atoms with Crippen LogP contribution in [0.2, 0.25) is 10.0 Å². The first-order valence-corrected chi connectivity index (χ1v) is 8.67. The maximum absolute atomic E-state index is 11.8. The van der Waals surface area contributed by atoms with Crippen molar-refractivity contribution in [2.45, 2.75) is 13.3 Å². The van der Waals surface area contributed by atoms with Gasteiger partial charge >= 0.3 is 5.97 Å². The van der Waals surface area contributed by atoms with Gasteiger partial charge < -0.3 is 15.4 Å². The maximum Gasteiger partial charge on any atom is 0.340 e. The third-order valence-electron chi connectivity index (χ3n) is 2.96. The molecule has 122 valence electrons. The quantitative estimate of drug-likeness (QED) is 0.555. The lowest BCUT2D eigenvalue weighted by Gasteiger charge is -2.12. The van der Waals surface area contributed by atoms with E-state index in [9.17, 15) is 4.79 Å². The first kappa shape index (κ1) is 18.0. The van der Waals surface area contributed by atoms with Gasteiger partial charge in [-0.05, 0) is 36.8 Å². The molecule has 2 N–H and O–H groups in total. The molecular formula is C15H14Cl2N2O2S2. The number of ether oxygens (including phenoxy) is 1. The van der Waals surface area contributed by atoms with Gasteiger partial charge in [0.25, 0.3) is 0 Å². The molecular weight excluding hydrogens is 375 g/mol. The van der Waals surface area contributed by atoms with Crippen LogP contribution in [-0.4, -0.2) is 18.2 Å². The molecule has 0 atom stereocenters. The number of esters is 1. The van der Waals surface area contributed by atoms with E-state index in [1.165, 1.54) is 18.4 Å². The standard InChI is InChI=1S/C15H14Cl2N2O2S2/c1-3-8-7-9(14(20)21-2)13(23-8)19-15(22)18-11-6-4-5-10(16)12(11)17/h4-7H,3H2,1-2H3,(H2,18,19,22). The van der Waals surface area contributed by atoms with E-state index >= 15 is 0 Å². The highest BCUT2D eigenvalue weighted by Crippen LogP contribution is 2.31. The van der Waals surface area contributed by atoms with Crippen molar-refractivity contribution in [2.24, 2.45) is 0 Å². The number of carbonyl (C=O) groups is 1. The van der Waals surface area contributed by atoms with Crippen LogP contribution in [0.25, 0.3) is 0 Å². The Labute approximate surface area is 153 Å². The molecule has 23 heavy (non-hydrogen) atoms. The molecule has 1 aromatic carbocycles. The number of thiocarbonyl (C=S) groups is 1. The number of aryl methyl sites for hydroxylation is 1. The highest BCUT2D eigenvalue weighted by molar-refractivity contribution is 7.80. The minimum absolute atomic E-state index is 0.309. The van der Waals surface area contributed by atoms with E-state index in [2.05, 4.69) is 10.6 Å². The van der Waals surface area contributed by atoms with Crippen LogP contribution in [0.5, 0.6) is 0 Å². The molecule has 2 aromatic rings. The van der Waals surface area contributed by atoms with Crippen LogP contribution >= 0.6 is 46.8 Å². The average molecular weight is 389 g/mol. The van der Waals surface area contributed by atoms with Crippen LogP contribution in [0.15, 0.2) is 24.3 Å². The van der Waals surface area contributed by atoms with Crippen molar-refractivity contribution in [1.82, 2.24) is 0 Å². The van der Waals surface area contributed by atoms with Crippen molar-refractivity contribution in [3.63, 3.8) is 0 Å². The number of thiophene rings is 1. The fourth-order valence-corrected chi connectivity index (χ4v) is 3.44. The predicted molar refractivity (Wildman–Crippen MR) is 101 cm³/mol. The highest BCUT2D eigenvalue weighted by atomic mass is 35.5. The summed E-state index contributed by atoms with van der Waals surface area (Å²) >= 11 is 18.8. The lowest BCUT2D eigenvalue weighted by Crippen LogP contribution is -2.20. The zero-order valence-electron chi connectivity index (χ0n) is 12.4. The van der Waals surface area contributed by atoms with Gasteiger partial charge in [-0.2, -0.15) is 0 Å². The van der Waals surface area contributed by atoms with E-state index in [1.54, 1.807) is 24.3 Å². The number of rotatable bonds is 4. The smallest absolute Gasteiger partial charge is 0.340 e. The van der Waals surface area contributed by atoms with E-state index < -0.39 is 5.97 Å². The number of hydrogen-bond donors (Lipinski definition) is 2. The molecule has 0 unspecified atom stereocenters. The number of halogens is 2. The predicted octanol–water partition coefficient (Wildman–Crippen LogP) is 5.21. The minimum atomic E-state index is -0.410. The van der Waals surface area contributed by atoms with E-state index in [-0.39, 0.29) is 0 Å². The van der Waals surface area contributed by atoms with Gasteiger partial charge in [-0.15, -0.1) is 11.3 Å². The van der Waals surface area contributed by atoms with Gasteiger partial charge in [0.15, 0.2) is 5.11 Å². The molecule has 0 aliphatic carbocycles. The van der Waals surface area contributed by atoms with Crippen LogP contribution in [0.4, 0.5) is 10.7 Å². The third-order valence-corrected chi connectivity index (χ3v) is 5.18. The van der Waals surface area contributed by atoms with E-state index in [0.29, 0.717) is 31.4 Å². The van der Waals surface area contributed by atoms with Crippen molar-refractivity contribution < 1.29 is 9.53 Å². The Morgan fingerprint density at radius 2 is 2.09 bits per heavy atom. The summed E-state index contributed by atoms with van der Waals surface area (Å²) in [7, 11) is 1.34. The Hall–Kier alpha value is -1.34. The van der Waals surface area contributed by atoms with E-state index in [4.69, 9.17) is 40.2 Å². The molecule has 1 aromatic heterocycles. The molecule has 0 spiro atoms. The molecule has 0 fully saturated rings. The van der Waals surface area contributed by atoms with Crippen molar-refractivity contribution in [3.05, 3.63) is 44.8 Å².